The van der Waals surface area contributed by atoms with E-state index in [0.29, 0.717) is 5.92 Å². The summed E-state index contributed by atoms with van der Waals surface area (Å²) in [6, 6.07) is 4.67. The molecule has 1 atom stereocenters. The van der Waals surface area contributed by atoms with Gasteiger partial charge in [-0.25, -0.2) is 0 Å². The van der Waals surface area contributed by atoms with Crippen molar-refractivity contribution in [2.75, 3.05) is 19.6 Å². The van der Waals surface area contributed by atoms with Crippen molar-refractivity contribution in [3.63, 3.8) is 0 Å². The molecule has 0 bridgehead atoms. The summed E-state index contributed by atoms with van der Waals surface area (Å²) in [5, 5.41) is 0. The fourth-order valence-corrected chi connectivity index (χ4v) is 2.92. The van der Waals surface area contributed by atoms with Crippen molar-refractivity contribution < 1.29 is 0 Å². The molecular weight excluding hydrogens is 220 g/mol. The van der Waals surface area contributed by atoms with E-state index in [1.54, 1.807) is 0 Å². The van der Waals surface area contributed by atoms with E-state index >= 15 is 0 Å². The van der Waals surface area contributed by atoms with E-state index in [1.807, 2.05) is 0 Å². The first-order valence-electron chi connectivity index (χ1n) is 7.09. The summed E-state index contributed by atoms with van der Waals surface area (Å²) in [5.41, 5.74) is 11.5. The van der Waals surface area contributed by atoms with Crippen LogP contribution in [0, 0.1) is 26.7 Å². The minimum atomic E-state index is 0.700. The average molecular weight is 246 g/mol. The van der Waals surface area contributed by atoms with Crippen LogP contribution in [0.15, 0.2) is 12.1 Å². The van der Waals surface area contributed by atoms with Gasteiger partial charge in [0.05, 0.1) is 0 Å². The van der Waals surface area contributed by atoms with Crippen LogP contribution >= 0.6 is 0 Å². The Morgan fingerprint density at radius 1 is 1.17 bits per heavy atom. The van der Waals surface area contributed by atoms with E-state index in [-0.39, 0.29) is 0 Å². The quantitative estimate of drug-likeness (QED) is 0.888. The number of benzene rings is 1. The third kappa shape index (κ3) is 3.12. The molecule has 2 nitrogen and oxygen atoms in total. The molecular formula is C16H26N2. The van der Waals surface area contributed by atoms with Gasteiger partial charge in [0.2, 0.25) is 0 Å². The molecule has 0 aliphatic carbocycles. The molecule has 1 fully saturated rings. The second-order valence-corrected chi connectivity index (χ2v) is 5.84. The van der Waals surface area contributed by atoms with Gasteiger partial charge in [0.25, 0.3) is 0 Å². The molecule has 1 aromatic rings. The second kappa shape index (κ2) is 5.85. The van der Waals surface area contributed by atoms with Crippen molar-refractivity contribution in [1.29, 1.82) is 0 Å². The lowest BCUT2D eigenvalue weighted by Crippen LogP contribution is -2.38. The van der Waals surface area contributed by atoms with Gasteiger partial charge in [-0.05, 0) is 74.9 Å². The number of aryl methyl sites for hydroxylation is 3. The molecule has 18 heavy (non-hydrogen) atoms. The molecule has 0 spiro atoms. The Hall–Kier alpha value is -0.860. The van der Waals surface area contributed by atoms with E-state index in [4.69, 9.17) is 5.73 Å². The number of hydrogen-bond acceptors (Lipinski definition) is 2. The van der Waals surface area contributed by atoms with Gasteiger partial charge in [0, 0.05) is 13.1 Å². The lowest BCUT2D eigenvalue weighted by atomic mass is 9.96. The van der Waals surface area contributed by atoms with Crippen molar-refractivity contribution in [1.82, 2.24) is 4.90 Å². The van der Waals surface area contributed by atoms with Gasteiger partial charge < -0.3 is 5.73 Å². The maximum Gasteiger partial charge on any atom is 0.0236 e. The maximum absolute atomic E-state index is 5.81. The van der Waals surface area contributed by atoms with E-state index in [0.717, 1.165) is 13.1 Å². The van der Waals surface area contributed by atoms with Gasteiger partial charge in [-0.3, -0.25) is 4.90 Å². The van der Waals surface area contributed by atoms with Crippen LogP contribution in [-0.2, 0) is 6.54 Å². The fraction of sp³-hybridized carbons (Fsp3) is 0.625. The Labute approximate surface area is 111 Å². The number of piperidine rings is 1. The zero-order valence-corrected chi connectivity index (χ0v) is 12.0. The third-order valence-electron chi connectivity index (χ3n) is 4.28. The largest absolute Gasteiger partial charge is 0.330 e. The lowest BCUT2D eigenvalue weighted by molar-refractivity contribution is 0.171. The molecule has 1 heterocycles. The van der Waals surface area contributed by atoms with Crippen molar-refractivity contribution in [3.05, 3.63) is 34.4 Å². The van der Waals surface area contributed by atoms with E-state index in [1.165, 1.54) is 48.2 Å². The Kier molecular flexibility index (Phi) is 4.41. The number of nitrogens with two attached hydrogens (primary N) is 1. The highest BCUT2D eigenvalue weighted by Crippen LogP contribution is 2.21. The van der Waals surface area contributed by atoms with Crippen molar-refractivity contribution >= 4 is 0 Å². The third-order valence-corrected chi connectivity index (χ3v) is 4.28. The van der Waals surface area contributed by atoms with Gasteiger partial charge in [-0.1, -0.05) is 12.1 Å². The highest BCUT2D eigenvalue weighted by molar-refractivity contribution is 5.36. The SMILES string of the molecule is Cc1cc(C)c(CN2CCCC(CN)C2)cc1C. The Bertz CT molecular complexity index is 412. The first-order valence-corrected chi connectivity index (χ1v) is 7.09. The zero-order valence-electron chi connectivity index (χ0n) is 12.0. The molecule has 0 radical (unpaired) electrons. The van der Waals surface area contributed by atoms with Crippen LogP contribution in [0.4, 0.5) is 0 Å². The van der Waals surface area contributed by atoms with Crippen LogP contribution in [0.25, 0.3) is 0 Å². The normalized spacial score (nSPS) is 21.2. The highest BCUT2D eigenvalue weighted by Gasteiger charge is 2.19. The Morgan fingerprint density at radius 2 is 1.89 bits per heavy atom. The van der Waals surface area contributed by atoms with Crippen molar-refractivity contribution in [3.8, 4) is 0 Å². The fourth-order valence-electron chi connectivity index (χ4n) is 2.92. The van der Waals surface area contributed by atoms with Gasteiger partial charge in [0.15, 0.2) is 0 Å². The lowest BCUT2D eigenvalue weighted by Gasteiger charge is -2.32. The molecule has 2 rings (SSSR count). The number of likely N-dealkylation sites (tertiary alicyclic amines) is 1. The van der Waals surface area contributed by atoms with Crippen LogP contribution in [0.2, 0.25) is 0 Å². The molecule has 0 amide bonds. The average Bonchev–Trinajstić information content (AvgIpc) is 2.36. The molecule has 0 aromatic heterocycles. The van der Waals surface area contributed by atoms with Crippen LogP contribution in [0.5, 0.6) is 0 Å². The molecule has 2 heteroatoms. The van der Waals surface area contributed by atoms with Crippen LogP contribution < -0.4 is 5.73 Å². The summed E-state index contributed by atoms with van der Waals surface area (Å²) in [6.07, 6.45) is 2.60. The zero-order chi connectivity index (χ0) is 13.1. The molecule has 1 unspecified atom stereocenters. The highest BCUT2D eigenvalue weighted by atomic mass is 15.1. The monoisotopic (exact) mass is 246 g/mol. The molecule has 100 valence electrons. The molecule has 1 aromatic carbocycles. The van der Waals surface area contributed by atoms with E-state index in [9.17, 15) is 0 Å². The van der Waals surface area contributed by atoms with Gasteiger partial charge in [-0.2, -0.15) is 0 Å². The van der Waals surface area contributed by atoms with E-state index in [2.05, 4.69) is 37.8 Å². The first kappa shape index (κ1) is 13.6. The second-order valence-electron chi connectivity index (χ2n) is 5.84. The summed E-state index contributed by atoms with van der Waals surface area (Å²) in [4.78, 5) is 2.57. The molecule has 0 saturated carbocycles. The van der Waals surface area contributed by atoms with Gasteiger partial charge in [0.1, 0.15) is 0 Å². The standard InChI is InChI=1S/C16H26N2/c1-12-7-14(3)16(8-13(12)2)11-18-6-4-5-15(9-17)10-18/h7-8,15H,4-6,9-11,17H2,1-3H3. The summed E-state index contributed by atoms with van der Waals surface area (Å²) in [7, 11) is 0. The van der Waals surface area contributed by atoms with Crippen molar-refractivity contribution in [2.45, 2.75) is 40.2 Å². The smallest absolute Gasteiger partial charge is 0.0236 e. The Balaban J connectivity index is 2.07. The predicted octanol–water partition coefficient (Wildman–Crippen LogP) is 2.78. The predicted molar refractivity (Wildman–Crippen MR) is 77.7 cm³/mol. The van der Waals surface area contributed by atoms with Crippen LogP contribution in [0.3, 0.4) is 0 Å². The molecule has 1 saturated heterocycles. The topological polar surface area (TPSA) is 29.3 Å². The van der Waals surface area contributed by atoms with Crippen LogP contribution in [0.1, 0.15) is 35.1 Å². The Morgan fingerprint density at radius 3 is 2.61 bits per heavy atom. The number of rotatable bonds is 3. The summed E-state index contributed by atoms with van der Waals surface area (Å²) in [5.74, 6) is 0.700. The minimum absolute atomic E-state index is 0.700. The maximum atomic E-state index is 5.81. The number of nitrogens with zero attached hydrogens (tertiary/aromatic N) is 1. The summed E-state index contributed by atoms with van der Waals surface area (Å²) >= 11 is 0. The van der Waals surface area contributed by atoms with Crippen molar-refractivity contribution in [2.24, 2.45) is 11.7 Å². The molecule has 1 aliphatic heterocycles. The summed E-state index contributed by atoms with van der Waals surface area (Å²) in [6.45, 7) is 10.9. The summed E-state index contributed by atoms with van der Waals surface area (Å²) < 4.78 is 0. The molecule has 1 aliphatic rings. The van der Waals surface area contributed by atoms with Gasteiger partial charge in [-0.15, -0.1) is 0 Å². The van der Waals surface area contributed by atoms with Crippen LogP contribution in [-0.4, -0.2) is 24.5 Å². The van der Waals surface area contributed by atoms with E-state index < -0.39 is 0 Å². The first-order chi connectivity index (χ1) is 8.60. The minimum Gasteiger partial charge on any atom is -0.330 e. The van der Waals surface area contributed by atoms with Gasteiger partial charge >= 0.3 is 0 Å². The number of hydrogen-bond donors (Lipinski definition) is 1. The molecule has 2 N–H and O–H groups in total.